The summed E-state index contributed by atoms with van der Waals surface area (Å²) in [5.74, 6) is 0. The van der Waals surface area contributed by atoms with Crippen LogP contribution in [0.3, 0.4) is 0 Å². The number of hydrogen-bond acceptors (Lipinski definition) is 4. The van der Waals surface area contributed by atoms with Gasteiger partial charge in [0.1, 0.15) is 6.04 Å². The molecule has 2 aromatic heterocycles. The Balaban J connectivity index is 1.97. The lowest BCUT2D eigenvalue weighted by Gasteiger charge is -2.09. The molecule has 0 spiro atoms. The van der Waals surface area contributed by atoms with Crippen LogP contribution in [-0.4, -0.2) is 4.98 Å². The topological polar surface area (TPSA) is 48.7 Å². The molecule has 0 saturated carbocycles. The van der Waals surface area contributed by atoms with Gasteiger partial charge in [-0.3, -0.25) is 10.3 Å². The van der Waals surface area contributed by atoms with Crippen molar-refractivity contribution in [3.8, 4) is 6.07 Å². The maximum Gasteiger partial charge on any atom is 0.122 e. The van der Waals surface area contributed by atoms with Gasteiger partial charge in [-0.05, 0) is 40.1 Å². The van der Waals surface area contributed by atoms with Crippen molar-refractivity contribution < 1.29 is 0 Å². The minimum atomic E-state index is -0.237. The largest absolute Gasteiger partial charge is 0.294 e. The first-order valence-electron chi connectivity index (χ1n) is 4.94. The number of rotatable bonds is 4. The lowest BCUT2D eigenvalue weighted by molar-refractivity contribution is 0.631. The quantitative estimate of drug-likeness (QED) is 0.876. The molecule has 0 aliphatic heterocycles. The molecule has 16 heavy (non-hydrogen) atoms. The zero-order valence-corrected chi connectivity index (χ0v) is 9.45. The summed E-state index contributed by atoms with van der Waals surface area (Å²) in [5.41, 5.74) is 2.16. The van der Waals surface area contributed by atoms with Crippen LogP contribution in [0.2, 0.25) is 0 Å². The van der Waals surface area contributed by atoms with Gasteiger partial charge in [0.2, 0.25) is 0 Å². The van der Waals surface area contributed by atoms with Gasteiger partial charge in [0.15, 0.2) is 0 Å². The third-order valence-corrected chi connectivity index (χ3v) is 2.97. The summed E-state index contributed by atoms with van der Waals surface area (Å²) in [6.07, 6.45) is 3.51. The molecule has 0 fully saturated rings. The average Bonchev–Trinajstić information content (AvgIpc) is 2.85. The molecule has 3 nitrogen and oxygen atoms in total. The highest BCUT2D eigenvalue weighted by molar-refractivity contribution is 7.08. The zero-order valence-electron chi connectivity index (χ0n) is 8.63. The maximum absolute atomic E-state index is 9.06. The third kappa shape index (κ3) is 2.66. The minimum Gasteiger partial charge on any atom is -0.294 e. The van der Waals surface area contributed by atoms with Crippen LogP contribution in [0.1, 0.15) is 17.2 Å². The highest BCUT2D eigenvalue weighted by Crippen LogP contribution is 2.15. The van der Waals surface area contributed by atoms with Gasteiger partial charge in [-0.1, -0.05) is 0 Å². The summed E-state index contributed by atoms with van der Waals surface area (Å²) in [7, 11) is 0. The van der Waals surface area contributed by atoms with Gasteiger partial charge in [0, 0.05) is 18.9 Å². The molecule has 0 amide bonds. The van der Waals surface area contributed by atoms with Crippen molar-refractivity contribution >= 4 is 11.3 Å². The molecule has 2 heterocycles. The number of hydrogen-bond donors (Lipinski definition) is 1. The van der Waals surface area contributed by atoms with Crippen LogP contribution in [-0.2, 0) is 6.54 Å². The SMILES string of the molecule is N#CC(NCc1ccncc1)c1ccsc1. The number of nitriles is 1. The van der Waals surface area contributed by atoms with Crippen molar-refractivity contribution in [2.75, 3.05) is 0 Å². The summed E-state index contributed by atoms with van der Waals surface area (Å²) in [6.45, 7) is 0.677. The molecule has 0 bridgehead atoms. The molecule has 80 valence electrons. The van der Waals surface area contributed by atoms with Crippen LogP contribution in [0.15, 0.2) is 41.4 Å². The van der Waals surface area contributed by atoms with E-state index in [0.29, 0.717) is 6.54 Å². The van der Waals surface area contributed by atoms with E-state index in [0.717, 1.165) is 11.1 Å². The molecular weight excluding hydrogens is 218 g/mol. The smallest absolute Gasteiger partial charge is 0.122 e. The van der Waals surface area contributed by atoms with Gasteiger partial charge in [0.05, 0.1) is 6.07 Å². The minimum absolute atomic E-state index is 0.237. The fourth-order valence-electron chi connectivity index (χ4n) is 1.40. The van der Waals surface area contributed by atoms with Crippen molar-refractivity contribution in [2.24, 2.45) is 0 Å². The van der Waals surface area contributed by atoms with Crippen LogP contribution < -0.4 is 5.32 Å². The average molecular weight is 229 g/mol. The molecular formula is C12H11N3S. The number of thiophene rings is 1. The summed E-state index contributed by atoms with van der Waals surface area (Å²) < 4.78 is 0. The first kappa shape index (κ1) is 10.8. The summed E-state index contributed by atoms with van der Waals surface area (Å²) in [6, 6.07) is 7.87. The van der Waals surface area contributed by atoms with Crippen LogP contribution >= 0.6 is 11.3 Å². The second-order valence-electron chi connectivity index (χ2n) is 3.36. The van der Waals surface area contributed by atoms with Crippen molar-refractivity contribution in [2.45, 2.75) is 12.6 Å². The Hall–Kier alpha value is -1.70. The van der Waals surface area contributed by atoms with Crippen LogP contribution in [0.5, 0.6) is 0 Å². The molecule has 1 atom stereocenters. The first-order valence-corrected chi connectivity index (χ1v) is 5.88. The predicted octanol–water partition coefficient (Wildman–Crippen LogP) is 2.50. The normalized spacial score (nSPS) is 11.9. The van der Waals surface area contributed by atoms with E-state index in [1.165, 1.54) is 0 Å². The lowest BCUT2D eigenvalue weighted by atomic mass is 10.1. The van der Waals surface area contributed by atoms with E-state index in [1.807, 2.05) is 29.0 Å². The van der Waals surface area contributed by atoms with Crippen LogP contribution in [0.25, 0.3) is 0 Å². The Labute approximate surface area is 98.4 Å². The molecule has 0 aliphatic carbocycles. The van der Waals surface area contributed by atoms with Gasteiger partial charge in [-0.2, -0.15) is 16.6 Å². The Bertz CT molecular complexity index is 459. The van der Waals surface area contributed by atoms with Crippen LogP contribution in [0, 0.1) is 11.3 Å². The van der Waals surface area contributed by atoms with Crippen molar-refractivity contribution in [1.29, 1.82) is 5.26 Å². The van der Waals surface area contributed by atoms with E-state index in [2.05, 4.69) is 16.4 Å². The number of pyridine rings is 1. The number of aromatic nitrogens is 1. The Morgan fingerprint density at radius 1 is 1.38 bits per heavy atom. The van der Waals surface area contributed by atoms with E-state index < -0.39 is 0 Å². The number of nitrogens with zero attached hydrogens (tertiary/aromatic N) is 2. The molecule has 0 saturated heterocycles. The van der Waals surface area contributed by atoms with E-state index in [9.17, 15) is 0 Å². The Morgan fingerprint density at radius 3 is 2.81 bits per heavy atom. The summed E-state index contributed by atoms with van der Waals surface area (Å²) in [5, 5.41) is 16.2. The highest BCUT2D eigenvalue weighted by Gasteiger charge is 2.09. The fraction of sp³-hybridized carbons (Fsp3) is 0.167. The predicted molar refractivity (Wildman–Crippen MR) is 63.7 cm³/mol. The molecule has 2 aromatic rings. The lowest BCUT2D eigenvalue weighted by Crippen LogP contribution is -2.18. The van der Waals surface area contributed by atoms with Gasteiger partial charge in [-0.25, -0.2) is 0 Å². The Kier molecular flexibility index (Phi) is 3.65. The van der Waals surface area contributed by atoms with Crippen molar-refractivity contribution in [1.82, 2.24) is 10.3 Å². The molecule has 0 aliphatic rings. The molecule has 2 rings (SSSR count). The molecule has 1 N–H and O–H groups in total. The molecule has 0 aromatic carbocycles. The van der Waals surface area contributed by atoms with Gasteiger partial charge < -0.3 is 0 Å². The molecule has 1 unspecified atom stereocenters. The standard InChI is InChI=1S/C12H11N3S/c13-7-12(11-3-6-16-9-11)15-8-10-1-4-14-5-2-10/h1-6,9,12,15H,8H2. The van der Waals surface area contributed by atoms with E-state index in [-0.39, 0.29) is 6.04 Å². The van der Waals surface area contributed by atoms with Crippen LogP contribution in [0.4, 0.5) is 0 Å². The van der Waals surface area contributed by atoms with E-state index in [1.54, 1.807) is 23.7 Å². The van der Waals surface area contributed by atoms with Gasteiger partial charge >= 0.3 is 0 Å². The monoisotopic (exact) mass is 229 g/mol. The van der Waals surface area contributed by atoms with Gasteiger partial charge in [-0.15, -0.1) is 0 Å². The second kappa shape index (κ2) is 5.40. The van der Waals surface area contributed by atoms with E-state index >= 15 is 0 Å². The zero-order chi connectivity index (χ0) is 11.2. The third-order valence-electron chi connectivity index (χ3n) is 2.27. The fourth-order valence-corrected chi connectivity index (χ4v) is 2.08. The van der Waals surface area contributed by atoms with Crippen molar-refractivity contribution in [3.05, 3.63) is 52.5 Å². The maximum atomic E-state index is 9.06. The summed E-state index contributed by atoms with van der Waals surface area (Å²) >= 11 is 1.60. The second-order valence-corrected chi connectivity index (χ2v) is 4.14. The Morgan fingerprint density at radius 2 is 2.19 bits per heavy atom. The summed E-state index contributed by atoms with van der Waals surface area (Å²) in [4.78, 5) is 3.95. The van der Waals surface area contributed by atoms with Gasteiger partial charge in [0.25, 0.3) is 0 Å². The van der Waals surface area contributed by atoms with E-state index in [4.69, 9.17) is 5.26 Å². The number of nitrogens with one attached hydrogen (secondary N) is 1. The molecule has 0 radical (unpaired) electrons. The first-order chi connectivity index (χ1) is 7.90. The highest BCUT2D eigenvalue weighted by atomic mass is 32.1. The molecule has 4 heteroatoms. The van der Waals surface area contributed by atoms with Crippen molar-refractivity contribution in [3.63, 3.8) is 0 Å².